The van der Waals surface area contributed by atoms with Gasteiger partial charge >= 0.3 is 0 Å². The molecule has 0 saturated carbocycles. The highest BCUT2D eigenvalue weighted by molar-refractivity contribution is 7.89. The van der Waals surface area contributed by atoms with Crippen molar-refractivity contribution in [3.63, 3.8) is 0 Å². The quantitative estimate of drug-likeness (QED) is 0.693. The molecule has 2 heterocycles. The Balaban J connectivity index is 1.11. The molecule has 2 fully saturated rings. The van der Waals surface area contributed by atoms with E-state index in [0.29, 0.717) is 37.6 Å². The molecule has 1 N–H and O–H groups in total. The van der Waals surface area contributed by atoms with Gasteiger partial charge in [0.25, 0.3) is 0 Å². The minimum Gasteiger partial charge on any atom is -0.508 e. The molecule has 2 aliphatic heterocycles. The molecule has 0 atom stereocenters. The zero-order valence-corrected chi connectivity index (χ0v) is 20.2. The van der Waals surface area contributed by atoms with Gasteiger partial charge in [-0.25, -0.2) is 8.42 Å². The van der Waals surface area contributed by atoms with Crippen LogP contribution in [-0.4, -0.2) is 92.4 Å². The van der Waals surface area contributed by atoms with Crippen molar-refractivity contribution in [3.8, 4) is 5.75 Å². The molecule has 3 aliphatic rings. The van der Waals surface area contributed by atoms with Crippen LogP contribution in [0.2, 0.25) is 0 Å². The van der Waals surface area contributed by atoms with E-state index in [2.05, 4.69) is 9.80 Å². The average molecular weight is 485 g/mol. The molecule has 0 radical (unpaired) electrons. The number of piperazine rings is 2. The summed E-state index contributed by atoms with van der Waals surface area (Å²) in [6.07, 6.45) is 3.07. The van der Waals surface area contributed by atoms with Gasteiger partial charge in [0, 0.05) is 58.0 Å². The largest absolute Gasteiger partial charge is 0.508 e. The van der Waals surface area contributed by atoms with Crippen molar-refractivity contribution in [2.24, 2.45) is 0 Å². The highest BCUT2D eigenvalue weighted by Gasteiger charge is 2.31. The number of phenols is 1. The maximum Gasteiger partial charge on any atom is 0.243 e. The summed E-state index contributed by atoms with van der Waals surface area (Å²) in [5, 5.41) is 9.47. The second-order valence-electron chi connectivity index (χ2n) is 9.35. The Hall–Kier alpha value is -2.62. The average Bonchev–Trinajstić information content (AvgIpc) is 3.33. The Morgan fingerprint density at radius 1 is 0.824 bits per heavy atom. The molecule has 0 spiro atoms. The highest BCUT2D eigenvalue weighted by Crippen LogP contribution is 2.27. The summed E-state index contributed by atoms with van der Waals surface area (Å²) >= 11 is 0. The van der Waals surface area contributed by atoms with Crippen molar-refractivity contribution in [2.75, 3.05) is 63.8 Å². The molecule has 182 valence electrons. The first-order valence-corrected chi connectivity index (χ1v) is 13.5. The van der Waals surface area contributed by atoms with Crippen molar-refractivity contribution >= 4 is 21.6 Å². The lowest BCUT2D eigenvalue weighted by Gasteiger charge is -2.38. The van der Waals surface area contributed by atoms with Gasteiger partial charge in [-0.2, -0.15) is 4.31 Å². The van der Waals surface area contributed by atoms with E-state index in [1.807, 2.05) is 24.3 Å². The van der Waals surface area contributed by atoms with E-state index in [9.17, 15) is 18.3 Å². The van der Waals surface area contributed by atoms with Gasteiger partial charge in [0.2, 0.25) is 15.9 Å². The number of aryl methyl sites for hydroxylation is 2. The zero-order valence-electron chi connectivity index (χ0n) is 19.4. The summed E-state index contributed by atoms with van der Waals surface area (Å²) in [7, 11) is -3.53. The molecule has 9 heteroatoms. The number of carbonyl (C=O) groups excluding carboxylic acids is 1. The summed E-state index contributed by atoms with van der Waals surface area (Å²) in [6, 6.07) is 12.7. The molecule has 8 nitrogen and oxygen atoms in total. The van der Waals surface area contributed by atoms with Crippen LogP contribution in [0.15, 0.2) is 47.4 Å². The van der Waals surface area contributed by atoms with Crippen molar-refractivity contribution in [1.29, 1.82) is 0 Å². The fourth-order valence-electron chi connectivity index (χ4n) is 5.15. The lowest BCUT2D eigenvalue weighted by atomic mass is 10.1. The monoisotopic (exact) mass is 484 g/mol. The Morgan fingerprint density at radius 2 is 1.50 bits per heavy atom. The van der Waals surface area contributed by atoms with Gasteiger partial charge in [-0.15, -0.1) is 0 Å². The number of aromatic hydroxyl groups is 1. The van der Waals surface area contributed by atoms with E-state index in [0.717, 1.165) is 56.7 Å². The topological polar surface area (TPSA) is 84.4 Å². The Bertz CT molecular complexity index is 1140. The first-order chi connectivity index (χ1) is 16.4. The zero-order chi connectivity index (χ0) is 23.7. The molecular weight excluding hydrogens is 452 g/mol. The van der Waals surface area contributed by atoms with E-state index in [1.165, 1.54) is 9.87 Å². The van der Waals surface area contributed by atoms with E-state index in [4.69, 9.17) is 0 Å². The Labute approximate surface area is 201 Å². The molecule has 2 saturated heterocycles. The number of amides is 1. The number of carbonyl (C=O) groups is 1. The third-order valence-electron chi connectivity index (χ3n) is 7.25. The van der Waals surface area contributed by atoms with Crippen LogP contribution in [0.1, 0.15) is 17.5 Å². The molecule has 34 heavy (non-hydrogen) atoms. The maximum atomic E-state index is 13.1. The fraction of sp³-hybridized carbons (Fsp3) is 0.480. The van der Waals surface area contributed by atoms with Gasteiger partial charge in [-0.1, -0.05) is 6.07 Å². The summed E-state index contributed by atoms with van der Waals surface area (Å²) in [6.45, 7) is 5.11. The number of nitrogens with zero attached hydrogens (tertiary/aromatic N) is 4. The van der Waals surface area contributed by atoms with Gasteiger partial charge < -0.3 is 14.9 Å². The Kier molecular flexibility index (Phi) is 6.50. The van der Waals surface area contributed by atoms with Gasteiger partial charge in [-0.05, 0) is 66.8 Å². The summed E-state index contributed by atoms with van der Waals surface area (Å²) < 4.78 is 27.8. The second-order valence-corrected chi connectivity index (χ2v) is 11.3. The highest BCUT2D eigenvalue weighted by atomic mass is 32.2. The number of fused-ring (bicyclic) bond motifs is 1. The van der Waals surface area contributed by atoms with Crippen LogP contribution in [-0.2, 0) is 27.7 Å². The minimum absolute atomic E-state index is 0.0627. The molecular formula is C25H32N4O4S. The Morgan fingerprint density at radius 3 is 2.21 bits per heavy atom. The first kappa shape index (κ1) is 23.1. The van der Waals surface area contributed by atoms with Crippen LogP contribution < -0.4 is 4.90 Å². The van der Waals surface area contributed by atoms with E-state index in [1.54, 1.807) is 23.1 Å². The molecule has 2 aromatic carbocycles. The van der Waals surface area contributed by atoms with E-state index in [-0.39, 0.29) is 11.7 Å². The number of anilines is 1. The lowest BCUT2D eigenvalue weighted by Crippen LogP contribution is -2.54. The van der Waals surface area contributed by atoms with Crippen LogP contribution in [0, 0.1) is 0 Å². The second kappa shape index (κ2) is 9.56. The van der Waals surface area contributed by atoms with Crippen LogP contribution >= 0.6 is 0 Å². The standard InChI is InChI=1S/C25H32N4O4S/c30-23-7-5-22(6-8-23)27-12-10-26(11-13-27)19-25(31)28-14-16-29(17-15-28)34(32,33)24-9-4-20-2-1-3-21(20)18-24/h4-9,18,30H,1-3,10-17,19H2. The molecule has 0 aromatic heterocycles. The molecule has 2 aromatic rings. The van der Waals surface area contributed by atoms with Crippen LogP contribution in [0.5, 0.6) is 5.75 Å². The summed E-state index contributed by atoms with van der Waals surface area (Å²) in [5.41, 5.74) is 3.49. The summed E-state index contributed by atoms with van der Waals surface area (Å²) in [5.74, 6) is 0.320. The van der Waals surface area contributed by atoms with Gasteiger partial charge in [0.1, 0.15) is 5.75 Å². The lowest BCUT2D eigenvalue weighted by molar-refractivity contribution is -0.133. The fourth-order valence-corrected chi connectivity index (χ4v) is 6.63. The number of sulfonamides is 1. The molecule has 5 rings (SSSR count). The van der Waals surface area contributed by atoms with Crippen molar-refractivity contribution in [1.82, 2.24) is 14.1 Å². The van der Waals surface area contributed by atoms with Gasteiger partial charge in [0.05, 0.1) is 11.4 Å². The van der Waals surface area contributed by atoms with Gasteiger partial charge in [-0.3, -0.25) is 9.69 Å². The predicted octanol–water partition coefficient (Wildman–Crippen LogP) is 1.54. The van der Waals surface area contributed by atoms with E-state index < -0.39 is 10.0 Å². The smallest absolute Gasteiger partial charge is 0.243 e. The van der Waals surface area contributed by atoms with Crippen molar-refractivity contribution in [3.05, 3.63) is 53.6 Å². The maximum absolute atomic E-state index is 13.1. The van der Waals surface area contributed by atoms with Crippen molar-refractivity contribution < 1.29 is 18.3 Å². The van der Waals surface area contributed by atoms with Gasteiger partial charge in [0.15, 0.2) is 0 Å². The number of hydrogen-bond acceptors (Lipinski definition) is 6. The van der Waals surface area contributed by atoms with Crippen LogP contribution in [0.3, 0.4) is 0 Å². The van der Waals surface area contributed by atoms with Crippen LogP contribution in [0.4, 0.5) is 5.69 Å². The summed E-state index contributed by atoms with van der Waals surface area (Å²) in [4.78, 5) is 19.5. The van der Waals surface area contributed by atoms with E-state index >= 15 is 0 Å². The third-order valence-corrected chi connectivity index (χ3v) is 9.14. The predicted molar refractivity (Wildman–Crippen MR) is 131 cm³/mol. The molecule has 0 bridgehead atoms. The number of hydrogen-bond donors (Lipinski definition) is 1. The minimum atomic E-state index is -3.53. The van der Waals surface area contributed by atoms with Crippen molar-refractivity contribution in [2.45, 2.75) is 24.2 Å². The number of benzene rings is 2. The number of phenolic OH excluding ortho intramolecular Hbond substituents is 1. The van der Waals surface area contributed by atoms with Crippen LogP contribution in [0.25, 0.3) is 0 Å². The third kappa shape index (κ3) is 4.78. The molecule has 0 unspecified atom stereocenters. The first-order valence-electron chi connectivity index (χ1n) is 12.1. The molecule has 1 amide bonds. The number of rotatable bonds is 5. The molecule has 1 aliphatic carbocycles. The SMILES string of the molecule is O=C(CN1CCN(c2ccc(O)cc2)CC1)N1CCN(S(=O)(=O)c2ccc3c(c2)CCC3)CC1. The normalized spacial score (nSPS) is 19.9.